The van der Waals surface area contributed by atoms with E-state index in [-0.39, 0.29) is 6.10 Å². The zero-order chi connectivity index (χ0) is 15.2. The highest BCUT2D eigenvalue weighted by Crippen LogP contribution is 2.22. The van der Waals surface area contributed by atoms with Crippen LogP contribution in [0.1, 0.15) is 43.2 Å². The minimum absolute atomic E-state index is 0.149. The van der Waals surface area contributed by atoms with E-state index < -0.39 is 0 Å². The number of ether oxygens (including phenoxy) is 1. The number of aryl methyl sites for hydroxylation is 2. The third-order valence-corrected chi connectivity index (χ3v) is 4.38. The van der Waals surface area contributed by atoms with Gasteiger partial charge in [0.15, 0.2) is 0 Å². The second-order valence-electron chi connectivity index (χ2n) is 6.43. The molecule has 2 atom stereocenters. The van der Waals surface area contributed by atoms with Crippen molar-refractivity contribution < 1.29 is 9.84 Å². The quantitative estimate of drug-likeness (QED) is 0.816. The van der Waals surface area contributed by atoms with Crippen molar-refractivity contribution in [2.24, 2.45) is 0 Å². The van der Waals surface area contributed by atoms with Crippen LogP contribution in [0, 0.1) is 13.8 Å². The molecule has 3 nitrogen and oxygen atoms in total. The van der Waals surface area contributed by atoms with Crippen LogP contribution in [0.5, 0.6) is 5.75 Å². The number of aliphatic hydroxyl groups is 1. The molecule has 0 amide bonds. The van der Waals surface area contributed by atoms with Crippen molar-refractivity contribution in [3.05, 3.63) is 29.3 Å². The normalized spacial score (nSPS) is 22.5. The SMILES string of the molecule is Cc1cc(C)cc(OCCCN(C)C2CCCCC2O)c1. The van der Waals surface area contributed by atoms with E-state index in [1.54, 1.807) is 0 Å². The van der Waals surface area contributed by atoms with E-state index in [4.69, 9.17) is 4.74 Å². The van der Waals surface area contributed by atoms with Gasteiger partial charge < -0.3 is 14.7 Å². The van der Waals surface area contributed by atoms with Crippen LogP contribution >= 0.6 is 0 Å². The van der Waals surface area contributed by atoms with Crippen LogP contribution < -0.4 is 4.74 Å². The third-order valence-electron chi connectivity index (χ3n) is 4.38. The van der Waals surface area contributed by atoms with Crippen LogP contribution in [-0.4, -0.2) is 42.4 Å². The van der Waals surface area contributed by atoms with Gasteiger partial charge in [0.05, 0.1) is 12.7 Å². The minimum Gasteiger partial charge on any atom is -0.494 e. The van der Waals surface area contributed by atoms with Crippen LogP contribution in [0.15, 0.2) is 18.2 Å². The fraction of sp³-hybridized carbons (Fsp3) is 0.667. The van der Waals surface area contributed by atoms with Gasteiger partial charge in [0.25, 0.3) is 0 Å². The molecule has 0 spiro atoms. The summed E-state index contributed by atoms with van der Waals surface area (Å²) in [6, 6.07) is 6.66. The van der Waals surface area contributed by atoms with E-state index in [1.165, 1.54) is 24.0 Å². The Labute approximate surface area is 128 Å². The lowest BCUT2D eigenvalue weighted by molar-refractivity contribution is 0.0304. The molecule has 1 fully saturated rings. The maximum Gasteiger partial charge on any atom is 0.119 e. The molecule has 1 saturated carbocycles. The highest BCUT2D eigenvalue weighted by atomic mass is 16.5. The fourth-order valence-corrected chi connectivity index (χ4v) is 3.29. The summed E-state index contributed by atoms with van der Waals surface area (Å²) in [6.07, 6.45) is 5.33. The number of nitrogens with zero attached hydrogens (tertiary/aromatic N) is 1. The summed E-state index contributed by atoms with van der Waals surface area (Å²) in [5, 5.41) is 10.1. The molecule has 1 aromatic carbocycles. The maximum atomic E-state index is 10.1. The summed E-state index contributed by atoms with van der Waals surface area (Å²) < 4.78 is 5.84. The molecule has 2 rings (SSSR count). The van der Waals surface area contributed by atoms with E-state index in [9.17, 15) is 5.11 Å². The van der Waals surface area contributed by atoms with Crippen LogP contribution in [0.25, 0.3) is 0 Å². The summed E-state index contributed by atoms with van der Waals surface area (Å²) in [6.45, 7) is 5.90. The van der Waals surface area contributed by atoms with Gasteiger partial charge in [0.1, 0.15) is 5.75 Å². The van der Waals surface area contributed by atoms with Gasteiger partial charge >= 0.3 is 0 Å². The Morgan fingerprint density at radius 3 is 2.48 bits per heavy atom. The lowest BCUT2D eigenvalue weighted by atomic mass is 9.91. The van der Waals surface area contributed by atoms with Crippen LogP contribution in [0.4, 0.5) is 0 Å². The monoisotopic (exact) mass is 291 g/mol. The number of hydrogen-bond donors (Lipinski definition) is 1. The molecule has 0 aliphatic heterocycles. The topological polar surface area (TPSA) is 32.7 Å². The molecule has 3 heteroatoms. The molecule has 1 N–H and O–H groups in total. The van der Waals surface area contributed by atoms with Crippen LogP contribution in [-0.2, 0) is 0 Å². The Morgan fingerprint density at radius 1 is 1.14 bits per heavy atom. The average molecular weight is 291 g/mol. The molecule has 21 heavy (non-hydrogen) atoms. The van der Waals surface area contributed by atoms with Gasteiger partial charge in [-0.25, -0.2) is 0 Å². The minimum atomic E-state index is -0.149. The van der Waals surface area contributed by atoms with Gasteiger partial charge in [0.2, 0.25) is 0 Å². The molecule has 0 heterocycles. The van der Waals surface area contributed by atoms with Crippen molar-refractivity contribution in [3.8, 4) is 5.75 Å². The molecule has 1 aliphatic carbocycles. The van der Waals surface area contributed by atoms with E-state index in [2.05, 4.69) is 44.0 Å². The van der Waals surface area contributed by atoms with E-state index >= 15 is 0 Å². The molecular weight excluding hydrogens is 262 g/mol. The Bertz CT molecular complexity index is 427. The molecule has 0 saturated heterocycles. The van der Waals surface area contributed by atoms with Gasteiger partial charge in [-0.05, 0) is 63.4 Å². The van der Waals surface area contributed by atoms with Crippen molar-refractivity contribution in [1.82, 2.24) is 4.90 Å². The molecule has 0 aromatic heterocycles. The standard InChI is InChI=1S/C18H29NO2/c1-14-11-15(2)13-16(12-14)21-10-6-9-19(3)17-7-4-5-8-18(17)20/h11-13,17-18,20H,4-10H2,1-3H3. The molecule has 2 unspecified atom stereocenters. The first-order chi connectivity index (χ1) is 10.1. The fourth-order valence-electron chi connectivity index (χ4n) is 3.29. The third kappa shape index (κ3) is 5.01. The molecule has 1 aromatic rings. The van der Waals surface area contributed by atoms with Crippen molar-refractivity contribution >= 4 is 0 Å². The summed E-state index contributed by atoms with van der Waals surface area (Å²) in [5.41, 5.74) is 2.49. The Hall–Kier alpha value is -1.06. The van der Waals surface area contributed by atoms with E-state index in [0.717, 1.165) is 38.2 Å². The van der Waals surface area contributed by atoms with Gasteiger partial charge in [0, 0.05) is 12.6 Å². The number of aliphatic hydroxyl groups excluding tert-OH is 1. The number of rotatable bonds is 6. The van der Waals surface area contributed by atoms with E-state index in [0.29, 0.717) is 6.04 Å². The first kappa shape index (κ1) is 16.3. The first-order valence-corrected chi connectivity index (χ1v) is 8.15. The maximum absolute atomic E-state index is 10.1. The number of benzene rings is 1. The molecule has 0 bridgehead atoms. The second-order valence-corrected chi connectivity index (χ2v) is 6.43. The van der Waals surface area contributed by atoms with Crippen LogP contribution in [0.3, 0.4) is 0 Å². The molecular formula is C18H29NO2. The van der Waals surface area contributed by atoms with Gasteiger partial charge in [-0.1, -0.05) is 18.9 Å². The predicted molar refractivity (Wildman–Crippen MR) is 86.9 cm³/mol. The average Bonchev–Trinajstić information content (AvgIpc) is 2.43. The van der Waals surface area contributed by atoms with Gasteiger partial charge in [-0.2, -0.15) is 0 Å². The summed E-state index contributed by atoms with van der Waals surface area (Å²) >= 11 is 0. The van der Waals surface area contributed by atoms with Crippen LogP contribution in [0.2, 0.25) is 0 Å². The molecule has 1 aliphatic rings. The van der Waals surface area contributed by atoms with Crippen molar-refractivity contribution in [3.63, 3.8) is 0 Å². The summed E-state index contributed by atoms with van der Waals surface area (Å²) in [4.78, 5) is 2.30. The zero-order valence-electron chi connectivity index (χ0n) is 13.6. The predicted octanol–water partition coefficient (Wildman–Crippen LogP) is 3.31. The summed E-state index contributed by atoms with van der Waals surface area (Å²) in [5.74, 6) is 0.966. The molecule has 118 valence electrons. The van der Waals surface area contributed by atoms with E-state index in [1.807, 2.05) is 0 Å². The number of likely N-dealkylation sites (N-methyl/N-ethyl adjacent to an activating group) is 1. The largest absolute Gasteiger partial charge is 0.494 e. The summed E-state index contributed by atoms with van der Waals surface area (Å²) in [7, 11) is 2.12. The highest BCUT2D eigenvalue weighted by Gasteiger charge is 2.25. The lowest BCUT2D eigenvalue weighted by Crippen LogP contribution is -2.43. The van der Waals surface area contributed by atoms with Gasteiger partial charge in [-0.15, -0.1) is 0 Å². The highest BCUT2D eigenvalue weighted by molar-refractivity contribution is 5.32. The number of hydrogen-bond acceptors (Lipinski definition) is 3. The van der Waals surface area contributed by atoms with Crippen molar-refractivity contribution in [1.29, 1.82) is 0 Å². The molecule has 0 radical (unpaired) electrons. The Kier molecular flexibility index (Phi) is 6.07. The first-order valence-electron chi connectivity index (χ1n) is 8.15. The Morgan fingerprint density at radius 2 is 1.81 bits per heavy atom. The second kappa shape index (κ2) is 7.81. The smallest absolute Gasteiger partial charge is 0.119 e. The Balaban J connectivity index is 1.71. The van der Waals surface area contributed by atoms with Crippen molar-refractivity contribution in [2.45, 2.75) is 58.1 Å². The van der Waals surface area contributed by atoms with Gasteiger partial charge in [-0.3, -0.25) is 0 Å². The zero-order valence-corrected chi connectivity index (χ0v) is 13.6. The van der Waals surface area contributed by atoms with Crippen molar-refractivity contribution in [2.75, 3.05) is 20.2 Å². The lowest BCUT2D eigenvalue weighted by Gasteiger charge is -2.35.